The van der Waals surface area contributed by atoms with Crippen molar-refractivity contribution in [3.63, 3.8) is 0 Å². The Morgan fingerprint density at radius 3 is 1.21 bits per heavy atom. The number of amides is 4. The van der Waals surface area contributed by atoms with Crippen molar-refractivity contribution in [1.82, 2.24) is 57.1 Å². The molecule has 714 valence electrons. The van der Waals surface area contributed by atoms with Crippen molar-refractivity contribution in [3.8, 4) is 50.3 Å². The van der Waals surface area contributed by atoms with Crippen LogP contribution in [0.15, 0.2) is 270 Å². The molecule has 19 aromatic rings. The van der Waals surface area contributed by atoms with Gasteiger partial charge in [0.15, 0.2) is 0 Å². The number of hydrogen-bond acceptors (Lipinski definition) is 20. The number of ether oxygens (including phenoxy) is 1. The molecule has 0 saturated carbocycles. The van der Waals surface area contributed by atoms with E-state index in [-0.39, 0.29) is 110 Å². The average molecular weight is 1980 g/mol. The Morgan fingerprint density at radius 2 is 0.771 bits per heavy atom. The number of nitrogens with one attached hydrogen (secondary N) is 8. The highest BCUT2D eigenvalue weighted by Crippen LogP contribution is 2.47. The first-order valence-electron chi connectivity index (χ1n) is 42.6. The van der Waals surface area contributed by atoms with Crippen molar-refractivity contribution in [2.24, 2.45) is 0 Å². The van der Waals surface area contributed by atoms with Crippen LogP contribution in [0.5, 0.6) is 5.75 Å². The molecule has 1 aliphatic heterocycles. The minimum absolute atomic E-state index is 0.0611. The van der Waals surface area contributed by atoms with Crippen LogP contribution < -0.4 is 45.9 Å². The topological polar surface area (TPSA) is 453 Å². The summed E-state index contributed by atoms with van der Waals surface area (Å²) in [6.07, 6.45) is 13.4. The predicted molar refractivity (Wildman–Crippen MR) is 516 cm³/mol. The lowest BCUT2D eigenvalue weighted by Crippen LogP contribution is -2.33. The minimum Gasteiger partial charge on any atom is -0.492 e. The fraction of sp³-hybridized carbons (Fsp3) is 0.131. The molecule has 1 aliphatic rings. The van der Waals surface area contributed by atoms with Gasteiger partial charge in [-0.25, -0.2) is 74.5 Å². The van der Waals surface area contributed by atoms with Gasteiger partial charge in [-0.05, 0) is 189 Å². The molecular formula is C99H79F5N12O20S4. The van der Waals surface area contributed by atoms with Gasteiger partial charge < -0.3 is 56.2 Å². The number of rotatable bonds is 21. The molecule has 0 aliphatic carbocycles. The Labute approximate surface area is 789 Å². The highest BCUT2D eigenvalue weighted by Gasteiger charge is 2.37. The van der Waals surface area contributed by atoms with Gasteiger partial charge in [-0.3, -0.25) is 38.4 Å². The van der Waals surface area contributed by atoms with E-state index in [1.807, 2.05) is 58.3 Å². The smallest absolute Gasteiger partial charge is 0.282 e. The summed E-state index contributed by atoms with van der Waals surface area (Å²) in [6, 6.07) is 49.6. The number of carbonyl (C=O) groups is 4. The first-order chi connectivity index (χ1) is 66.7. The number of halogens is 5. The van der Waals surface area contributed by atoms with E-state index in [2.05, 4.69) is 24.7 Å². The summed E-state index contributed by atoms with van der Waals surface area (Å²) in [6.45, 7) is 5.30. The number of aromatic nitrogens is 8. The van der Waals surface area contributed by atoms with Crippen molar-refractivity contribution in [1.29, 1.82) is 0 Å². The lowest BCUT2D eigenvalue weighted by Gasteiger charge is -2.14. The maximum atomic E-state index is 14.7. The maximum absolute atomic E-state index is 14.7. The number of sulfonamides is 4. The van der Waals surface area contributed by atoms with E-state index in [4.69, 9.17) is 18.0 Å². The van der Waals surface area contributed by atoms with Crippen molar-refractivity contribution in [3.05, 3.63) is 370 Å². The van der Waals surface area contributed by atoms with Crippen molar-refractivity contribution < 1.29 is 92.8 Å². The summed E-state index contributed by atoms with van der Waals surface area (Å²) >= 11 is 0. The summed E-state index contributed by atoms with van der Waals surface area (Å²) in [5, 5.41) is 3.92. The normalized spacial score (nSPS) is 12.1. The molecule has 11 aromatic heterocycles. The standard InChI is InChI=1S/C26H23N3O5S.C25H19F2N3O5S.C24H19F2N3O5S.C24H18FN3O5S/c1-15-6-7-18(16(2)13-15)14-29-20-9-8-17-10-12-34-24(17)22(20)21(19-5-4-11-27-25(19)30)23(29)26(31)28-35(3,32)33;1-2-36(33,34)29-25(32)22-20(17-4-3-10-28-24(17)31)21-19(8-5-14-9-11-35-23(14)21)30(22)13-15-12-16(26)6-7-18(15)27;1-35(32,33)28-24(31)21-19(16-3-2-9-27-23(16)30)20-18(7-4-13-8-10-34-22(13)20)29(21)12-14-11-15(25)5-6-17(14)26;1-34(31,32)27-24(30)22-21(16-6-4-11-26-23(16)29)20-15-10-12-33-19(15)9-8-18(20)28(22)13-14-5-2-3-7-17(14)25/h4-13H,14H2,1-3H3,(H,27,30)(H,28,31);3-12H,2,13H2,1H3,(H,28,31)(H,29,32);2-7,9,11H,8,10,12H2,1H3,(H,27,30)(H,28,31);2-12H,13H2,1H3,(H,26,29)(H,27,30). The van der Waals surface area contributed by atoms with Crippen LogP contribution in [0.25, 0.3) is 121 Å². The van der Waals surface area contributed by atoms with Crippen LogP contribution in [0.3, 0.4) is 0 Å². The lowest BCUT2D eigenvalue weighted by atomic mass is 10.00. The Bertz CT molecular complexity index is 9120. The molecule has 0 spiro atoms. The maximum Gasteiger partial charge on any atom is 0.282 e. The summed E-state index contributed by atoms with van der Waals surface area (Å²) in [5.41, 5.74) is 6.30. The van der Waals surface area contributed by atoms with E-state index >= 15 is 0 Å². The van der Waals surface area contributed by atoms with Gasteiger partial charge in [0.1, 0.15) is 74.4 Å². The van der Waals surface area contributed by atoms with E-state index in [0.717, 1.165) is 82.8 Å². The zero-order chi connectivity index (χ0) is 99.5. The van der Waals surface area contributed by atoms with Crippen LogP contribution >= 0.6 is 0 Å². The fourth-order valence-electron chi connectivity index (χ4n) is 17.4. The molecule has 32 nitrogen and oxygen atoms in total. The number of hydrogen-bond donors (Lipinski definition) is 8. The van der Waals surface area contributed by atoms with Crippen molar-refractivity contribution in [2.45, 2.75) is 53.4 Å². The van der Waals surface area contributed by atoms with Gasteiger partial charge in [0, 0.05) is 104 Å². The zero-order valence-electron chi connectivity index (χ0n) is 74.4. The molecule has 0 unspecified atom stereocenters. The number of pyridine rings is 4. The Hall–Kier alpha value is -16.5. The molecule has 0 atom stereocenters. The van der Waals surface area contributed by atoms with Gasteiger partial charge in [-0.1, -0.05) is 48.0 Å². The Balaban J connectivity index is 0.000000129. The van der Waals surface area contributed by atoms with Crippen LogP contribution in [-0.4, -0.2) is 127 Å². The van der Waals surface area contributed by atoms with Crippen LogP contribution in [0, 0.1) is 42.9 Å². The first-order valence-corrected chi connectivity index (χ1v) is 49.9. The third-order valence-electron chi connectivity index (χ3n) is 23.3. The number of H-pyrrole nitrogens is 4. The molecule has 0 fully saturated rings. The predicted octanol–water partition coefficient (Wildman–Crippen LogP) is 14.8. The molecule has 8 aromatic carbocycles. The number of fused-ring (bicyclic) bond motifs is 12. The van der Waals surface area contributed by atoms with Crippen molar-refractivity contribution >= 4 is 140 Å². The van der Waals surface area contributed by atoms with E-state index in [9.17, 15) is 94.0 Å². The van der Waals surface area contributed by atoms with Gasteiger partial charge in [0.2, 0.25) is 40.1 Å². The summed E-state index contributed by atoms with van der Waals surface area (Å²) in [4.78, 5) is 116. The van der Waals surface area contributed by atoms with Gasteiger partial charge in [-0.2, -0.15) is 0 Å². The number of aryl methyl sites for hydroxylation is 2. The van der Waals surface area contributed by atoms with E-state index in [1.165, 1.54) is 82.2 Å². The second-order valence-corrected chi connectivity index (χ2v) is 40.0. The number of furan rings is 3. The molecule has 4 amide bonds. The quantitative estimate of drug-likeness (QED) is 0.0310. The molecule has 41 heteroatoms. The molecule has 12 heterocycles. The molecule has 0 radical (unpaired) electrons. The molecule has 140 heavy (non-hydrogen) atoms. The van der Waals surface area contributed by atoms with E-state index < -0.39 is 115 Å². The molecule has 8 N–H and O–H groups in total. The zero-order valence-corrected chi connectivity index (χ0v) is 77.7. The molecular weight excluding hydrogens is 1900 g/mol. The summed E-state index contributed by atoms with van der Waals surface area (Å²) < 4.78 is 205. The largest absolute Gasteiger partial charge is 0.492 e. The summed E-state index contributed by atoms with van der Waals surface area (Å²) in [7, 11) is -15.8. The van der Waals surface area contributed by atoms with Crippen LogP contribution in [0.1, 0.15) is 87.8 Å². The van der Waals surface area contributed by atoms with Gasteiger partial charge >= 0.3 is 0 Å². The Kier molecular flexibility index (Phi) is 25.7. The molecule has 0 bridgehead atoms. The average Bonchev–Trinajstić information content (AvgIpc) is 1.58. The second kappa shape index (κ2) is 37.9. The molecule has 0 saturated heterocycles. The number of benzene rings is 8. The highest BCUT2D eigenvalue weighted by atomic mass is 32.2. The fourth-order valence-corrected chi connectivity index (χ4v) is 19.2. The SMILES string of the molecule is CCS(=O)(=O)NC(=O)c1c(-c2ccc[nH]c2=O)c2c3occc3ccc2n1Cc1cc(F)ccc1F.CS(=O)(=O)NC(=O)c1c(-c2ccc[nH]c2=O)c2c3c(ccc2n1Cc1cc(F)ccc1F)CCO3.CS(=O)(=O)NC(=O)c1c(-c2ccc[nH]c2=O)c2c3ccoc3ccc2n1Cc1ccccc1F.Cc1ccc(Cn2c(C(=O)NS(C)(=O)=O)c(-c3ccc[nH]c3=O)c3c4occc4ccc32)c(C)c1. The summed E-state index contributed by atoms with van der Waals surface area (Å²) in [5.74, 6) is -7.01. The monoisotopic (exact) mass is 1980 g/mol. The first kappa shape index (κ1) is 95.2. The van der Waals surface area contributed by atoms with E-state index in [1.54, 1.807) is 114 Å². The van der Waals surface area contributed by atoms with Gasteiger partial charge in [0.25, 0.3) is 45.9 Å². The van der Waals surface area contributed by atoms with Gasteiger partial charge in [-0.15, -0.1) is 0 Å². The van der Waals surface area contributed by atoms with Gasteiger partial charge in [0.05, 0.1) is 124 Å². The van der Waals surface area contributed by atoms with Crippen LogP contribution in [0.4, 0.5) is 22.0 Å². The number of carbonyl (C=O) groups excluding carboxylic acids is 4. The highest BCUT2D eigenvalue weighted by molar-refractivity contribution is 7.90. The van der Waals surface area contributed by atoms with Crippen LogP contribution in [-0.2, 0) is 72.7 Å². The van der Waals surface area contributed by atoms with E-state index in [0.29, 0.717) is 95.5 Å². The lowest BCUT2D eigenvalue weighted by molar-refractivity contribution is 0.0965. The Morgan fingerprint density at radius 1 is 0.386 bits per heavy atom. The minimum atomic E-state index is -4.01. The number of aromatic amines is 4. The number of nitrogens with zero attached hydrogens (tertiary/aromatic N) is 4. The van der Waals surface area contributed by atoms with Crippen molar-refractivity contribution in [2.75, 3.05) is 31.1 Å². The second-order valence-electron chi connectivity index (χ2n) is 32.8. The third kappa shape index (κ3) is 19.0. The third-order valence-corrected chi connectivity index (χ3v) is 26.2. The molecule has 20 rings (SSSR count). The van der Waals surface area contributed by atoms with Crippen LogP contribution in [0.2, 0.25) is 0 Å².